The molecule has 1 aliphatic rings. The third kappa shape index (κ3) is 3.55. The van der Waals surface area contributed by atoms with Gasteiger partial charge >= 0.3 is 0 Å². The second-order valence-electron chi connectivity index (χ2n) is 4.42. The maximum Gasteiger partial charge on any atom is 0.255 e. The number of halogens is 3. The zero-order valence-corrected chi connectivity index (χ0v) is 13.6. The lowest BCUT2D eigenvalue weighted by Gasteiger charge is -2.34. The van der Waals surface area contributed by atoms with E-state index in [9.17, 15) is 9.18 Å². The highest BCUT2D eigenvalue weighted by Crippen LogP contribution is 2.22. The molecule has 0 atom stereocenters. The van der Waals surface area contributed by atoms with Gasteiger partial charge in [-0.2, -0.15) is 0 Å². The monoisotopic (exact) mass is 392 g/mol. The van der Waals surface area contributed by atoms with Crippen molar-refractivity contribution in [3.05, 3.63) is 34.1 Å². The molecule has 1 saturated heterocycles. The predicted molar refractivity (Wildman–Crippen MR) is 80.2 cm³/mol. The SMILES string of the molecule is O=C(c1cccc(F)c1Br)N1CCN(CCBr)CC1. The number of nitrogens with zero attached hydrogens (tertiary/aromatic N) is 2. The lowest BCUT2D eigenvalue weighted by molar-refractivity contribution is 0.0643. The third-order valence-electron chi connectivity index (χ3n) is 3.24. The predicted octanol–water partition coefficient (Wildman–Crippen LogP) is 2.74. The van der Waals surface area contributed by atoms with Gasteiger partial charge in [-0.3, -0.25) is 9.69 Å². The quantitative estimate of drug-likeness (QED) is 0.737. The van der Waals surface area contributed by atoms with Crippen molar-refractivity contribution in [3.63, 3.8) is 0 Å². The Labute approximate surface area is 129 Å². The van der Waals surface area contributed by atoms with E-state index in [-0.39, 0.29) is 10.4 Å². The fourth-order valence-corrected chi connectivity index (χ4v) is 3.07. The van der Waals surface area contributed by atoms with Crippen LogP contribution in [0.5, 0.6) is 0 Å². The van der Waals surface area contributed by atoms with Crippen LogP contribution in [0.4, 0.5) is 4.39 Å². The van der Waals surface area contributed by atoms with Gasteiger partial charge in [-0.05, 0) is 28.1 Å². The fraction of sp³-hybridized carbons (Fsp3) is 0.462. The maximum absolute atomic E-state index is 13.4. The second kappa shape index (κ2) is 6.81. The van der Waals surface area contributed by atoms with Crippen LogP contribution in [0.1, 0.15) is 10.4 Å². The smallest absolute Gasteiger partial charge is 0.255 e. The number of alkyl halides is 1. The standard InChI is InChI=1S/C13H15Br2FN2O/c14-4-5-17-6-8-18(9-7-17)13(19)10-2-1-3-11(16)12(10)15/h1-3H,4-9H2. The Hall–Kier alpha value is -0.460. The first-order chi connectivity index (χ1) is 9.13. The highest BCUT2D eigenvalue weighted by atomic mass is 79.9. The second-order valence-corrected chi connectivity index (χ2v) is 6.01. The van der Waals surface area contributed by atoms with Crippen molar-refractivity contribution in [1.82, 2.24) is 9.80 Å². The van der Waals surface area contributed by atoms with Crippen LogP contribution in [0.2, 0.25) is 0 Å². The summed E-state index contributed by atoms with van der Waals surface area (Å²) >= 11 is 6.56. The Bertz CT molecular complexity index is 462. The number of benzene rings is 1. The van der Waals surface area contributed by atoms with Gasteiger partial charge in [0, 0.05) is 38.1 Å². The molecule has 1 heterocycles. The van der Waals surface area contributed by atoms with Gasteiger partial charge in [0.05, 0.1) is 10.0 Å². The molecule has 0 saturated carbocycles. The first kappa shape index (κ1) is 14.9. The average Bonchev–Trinajstić information content (AvgIpc) is 2.42. The number of rotatable bonds is 3. The summed E-state index contributed by atoms with van der Waals surface area (Å²) in [5, 5.41) is 0.941. The minimum atomic E-state index is -0.399. The van der Waals surface area contributed by atoms with Gasteiger partial charge in [0.25, 0.3) is 5.91 Å². The van der Waals surface area contributed by atoms with E-state index in [1.165, 1.54) is 6.07 Å². The molecule has 1 aliphatic heterocycles. The van der Waals surface area contributed by atoms with Crippen LogP contribution >= 0.6 is 31.9 Å². The van der Waals surface area contributed by atoms with Crippen LogP contribution in [-0.4, -0.2) is 53.8 Å². The molecule has 0 aromatic heterocycles. The lowest BCUT2D eigenvalue weighted by Crippen LogP contribution is -2.49. The van der Waals surface area contributed by atoms with Crippen LogP contribution in [0.3, 0.4) is 0 Å². The van der Waals surface area contributed by atoms with Crippen molar-refractivity contribution in [3.8, 4) is 0 Å². The van der Waals surface area contributed by atoms with Gasteiger partial charge in [-0.1, -0.05) is 22.0 Å². The molecule has 2 rings (SSSR count). The van der Waals surface area contributed by atoms with E-state index in [4.69, 9.17) is 0 Å². The Morgan fingerprint density at radius 2 is 1.95 bits per heavy atom. The van der Waals surface area contributed by atoms with E-state index < -0.39 is 5.82 Å². The third-order valence-corrected chi connectivity index (χ3v) is 4.40. The van der Waals surface area contributed by atoms with Crippen LogP contribution in [0, 0.1) is 5.82 Å². The number of carbonyl (C=O) groups is 1. The number of hydrogen-bond acceptors (Lipinski definition) is 2. The van der Waals surface area contributed by atoms with Gasteiger partial charge in [-0.15, -0.1) is 0 Å². The molecule has 104 valence electrons. The summed E-state index contributed by atoms with van der Waals surface area (Å²) in [6.45, 7) is 4.10. The topological polar surface area (TPSA) is 23.6 Å². The van der Waals surface area contributed by atoms with Crippen LogP contribution in [0.15, 0.2) is 22.7 Å². The van der Waals surface area contributed by atoms with Crippen molar-refractivity contribution in [2.24, 2.45) is 0 Å². The van der Waals surface area contributed by atoms with Crippen molar-refractivity contribution in [2.75, 3.05) is 38.1 Å². The van der Waals surface area contributed by atoms with Crippen LogP contribution in [0.25, 0.3) is 0 Å². The average molecular weight is 394 g/mol. The summed E-state index contributed by atoms with van der Waals surface area (Å²) < 4.78 is 13.7. The zero-order valence-electron chi connectivity index (χ0n) is 10.4. The molecular formula is C13H15Br2FN2O. The van der Waals surface area contributed by atoms with Crippen LogP contribution < -0.4 is 0 Å². The van der Waals surface area contributed by atoms with Crippen molar-refractivity contribution < 1.29 is 9.18 Å². The van der Waals surface area contributed by atoms with Gasteiger partial charge in [0.15, 0.2) is 0 Å². The molecule has 0 spiro atoms. The number of piperazine rings is 1. The van der Waals surface area contributed by atoms with Gasteiger partial charge < -0.3 is 4.90 Å². The number of amides is 1. The van der Waals surface area contributed by atoms with E-state index in [1.54, 1.807) is 17.0 Å². The molecule has 1 aromatic rings. The van der Waals surface area contributed by atoms with Gasteiger partial charge in [-0.25, -0.2) is 4.39 Å². The summed E-state index contributed by atoms with van der Waals surface area (Å²) in [5.74, 6) is -0.506. The molecule has 6 heteroatoms. The van der Waals surface area contributed by atoms with Crippen molar-refractivity contribution >= 4 is 37.8 Å². The number of hydrogen-bond donors (Lipinski definition) is 0. The number of carbonyl (C=O) groups excluding carboxylic acids is 1. The molecule has 0 aliphatic carbocycles. The molecule has 3 nitrogen and oxygen atoms in total. The zero-order chi connectivity index (χ0) is 13.8. The van der Waals surface area contributed by atoms with Gasteiger partial charge in [0.1, 0.15) is 5.82 Å². The van der Waals surface area contributed by atoms with Gasteiger partial charge in [0.2, 0.25) is 0 Å². The Balaban J connectivity index is 2.03. The molecule has 1 aromatic carbocycles. The molecular weight excluding hydrogens is 379 g/mol. The lowest BCUT2D eigenvalue weighted by atomic mass is 10.1. The van der Waals surface area contributed by atoms with E-state index in [0.717, 1.165) is 25.0 Å². The first-order valence-electron chi connectivity index (χ1n) is 6.15. The molecule has 0 N–H and O–H groups in total. The van der Waals surface area contributed by atoms with E-state index >= 15 is 0 Å². The first-order valence-corrected chi connectivity index (χ1v) is 8.06. The normalized spacial score (nSPS) is 16.7. The molecule has 0 radical (unpaired) electrons. The molecule has 19 heavy (non-hydrogen) atoms. The molecule has 1 fully saturated rings. The maximum atomic E-state index is 13.4. The summed E-state index contributed by atoms with van der Waals surface area (Å²) in [4.78, 5) is 16.4. The fourth-order valence-electron chi connectivity index (χ4n) is 2.13. The Morgan fingerprint density at radius 3 is 2.58 bits per heavy atom. The van der Waals surface area contributed by atoms with Crippen molar-refractivity contribution in [1.29, 1.82) is 0 Å². The minimum absolute atomic E-state index is 0.107. The van der Waals surface area contributed by atoms with Crippen LogP contribution in [-0.2, 0) is 0 Å². The van der Waals surface area contributed by atoms with E-state index in [2.05, 4.69) is 36.8 Å². The Kier molecular flexibility index (Phi) is 5.36. The summed E-state index contributed by atoms with van der Waals surface area (Å²) in [6, 6.07) is 4.56. The highest BCUT2D eigenvalue weighted by Gasteiger charge is 2.23. The highest BCUT2D eigenvalue weighted by molar-refractivity contribution is 9.10. The summed E-state index contributed by atoms with van der Waals surface area (Å²) in [7, 11) is 0. The summed E-state index contributed by atoms with van der Waals surface area (Å²) in [5.41, 5.74) is 0.397. The van der Waals surface area contributed by atoms with Crippen molar-refractivity contribution in [2.45, 2.75) is 0 Å². The Morgan fingerprint density at radius 1 is 1.26 bits per heavy atom. The van der Waals surface area contributed by atoms with E-state index in [0.29, 0.717) is 18.7 Å². The summed E-state index contributed by atoms with van der Waals surface area (Å²) in [6.07, 6.45) is 0. The van der Waals surface area contributed by atoms with E-state index in [1.807, 2.05) is 0 Å². The minimum Gasteiger partial charge on any atom is -0.336 e. The molecule has 0 bridgehead atoms. The molecule has 1 amide bonds. The molecule has 0 unspecified atom stereocenters. The largest absolute Gasteiger partial charge is 0.336 e.